The molecule has 94 valence electrons. The van der Waals surface area contributed by atoms with Gasteiger partial charge in [0.2, 0.25) is 0 Å². The Hall–Kier alpha value is -0.410. The molecule has 1 aromatic heterocycles. The third kappa shape index (κ3) is 3.29. The van der Waals surface area contributed by atoms with Gasteiger partial charge in [-0.1, -0.05) is 12.8 Å². The molecule has 1 N–H and O–H groups in total. The van der Waals surface area contributed by atoms with Crippen molar-refractivity contribution in [2.75, 3.05) is 6.54 Å². The van der Waals surface area contributed by atoms with E-state index in [1.165, 1.54) is 44.2 Å². The van der Waals surface area contributed by atoms with E-state index in [9.17, 15) is 0 Å². The summed E-state index contributed by atoms with van der Waals surface area (Å²) in [6.45, 7) is 1.10. The summed E-state index contributed by atoms with van der Waals surface area (Å²) in [7, 11) is 0. The van der Waals surface area contributed by atoms with Crippen LogP contribution in [0.5, 0.6) is 0 Å². The zero-order valence-corrected chi connectivity index (χ0v) is 11.2. The van der Waals surface area contributed by atoms with Gasteiger partial charge in [0.15, 0.2) is 0 Å². The second-order valence-corrected chi connectivity index (χ2v) is 6.36. The zero-order valence-electron chi connectivity index (χ0n) is 10.4. The standard InChI is InChI=1S/C14H22N2S/c1-2-12(11-4-5-11)8-13(3-1)15-7-6-14-9-17-10-16-14/h9-13,15H,1-8H2. The highest BCUT2D eigenvalue weighted by molar-refractivity contribution is 7.07. The number of thiazole rings is 1. The molecule has 17 heavy (non-hydrogen) atoms. The average molecular weight is 250 g/mol. The SMILES string of the molecule is c1nc(CCNC2CCCC(C3CC3)C2)cs1. The second kappa shape index (κ2) is 5.49. The molecule has 1 heterocycles. The number of rotatable bonds is 5. The first kappa shape index (κ1) is 11.7. The molecular weight excluding hydrogens is 228 g/mol. The Morgan fingerprint density at radius 2 is 2.18 bits per heavy atom. The minimum Gasteiger partial charge on any atom is -0.314 e. The van der Waals surface area contributed by atoms with Crippen LogP contribution < -0.4 is 5.32 Å². The maximum atomic E-state index is 4.33. The van der Waals surface area contributed by atoms with Gasteiger partial charge in [-0.15, -0.1) is 11.3 Å². The number of hydrogen-bond acceptors (Lipinski definition) is 3. The molecule has 2 fully saturated rings. The van der Waals surface area contributed by atoms with E-state index in [-0.39, 0.29) is 0 Å². The first-order valence-electron chi connectivity index (χ1n) is 7.02. The molecule has 0 amide bonds. The summed E-state index contributed by atoms with van der Waals surface area (Å²) < 4.78 is 0. The molecule has 2 atom stereocenters. The van der Waals surface area contributed by atoms with Crippen molar-refractivity contribution in [3.8, 4) is 0 Å². The molecule has 0 spiro atoms. The van der Waals surface area contributed by atoms with E-state index in [1.807, 2.05) is 5.51 Å². The Balaban J connectivity index is 1.39. The highest BCUT2D eigenvalue weighted by Crippen LogP contribution is 2.43. The maximum absolute atomic E-state index is 4.33. The highest BCUT2D eigenvalue weighted by atomic mass is 32.1. The van der Waals surface area contributed by atoms with Crippen LogP contribution in [0, 0.1) is 11.8 Å². The second-order valence-electron chi connectivity index (χ2n) is 5.64. The Labute approximate surface area is 108 Å². The predicted octanol–water partition coefficient (Wildman–Crippen LogP) is 3.24. The van der Waals surface area contributed by atoms with Crippen molar-refractivity contribution >= 4 is 11.3 Å². The fourth-order valence-corrected chi connectivity index (χ4v) is 3.77. The molecular formula is C14H22N2S. The third-order valence-electron chi connectivity index (χ3n) is 4.30. The van der Waals surface area contributed by atoms with Crippen LogP contribution in [0.4, 0.5) is 0 Å². The normalized spacial score (nSPS) is 29.4. The fraction of sp³-hybridized carbons (Fsp3) is 0.786. The predicted molar refractivity (Wildman–Crippen MR) is 72.3 cm³/mol. The van der Waals surface area contributed by atoms with Crippen molar-refractivity contribution in [2.45, 2.75) is 51.0 Å². The molecule has 2 nitrogen and oxygen atoms in total. The van der Waals surface area contributed by atoms with Crippen molar-refractivity contribution < 1.29 is 0 Å². The van der Waals surface area contributed by atoms with Crippen molar-refractivity contribution in [1.82, 2.24) is 10.3 Å². The van der Waals surface area contributed by atoms with E-state index in [0.717, 1.165) is 30.8 Å². The van der Waals surface area contributed by atoms with Crippen molar-refractivity contribution in [2.24, 2.45) is 11.8 Å². The molecule has 3 rings (SSSR count). The summed E-state index contributed by atoms with van der Waals surface area (Å²) in [5, 5.41) is 5.90. The molecule has 0 radical (unpaired) electrons. The summed E-state index contributed by atoms with van der Waals surface area (Å²) in [6.07, 6.45) is 9.87. The molecule has 0 saturated heterocycles. The summed E-state index contributed by atoms with van der Waals surface area (Å²) in [6, 6.07) is 0.785. The summed E-state index contributed by atoms with van der Waals surface area (Å²) in [5.74, 6) is 2.14. The van der Waals surface area contributed by atoms with Gasteiger partial charge in [-0.05, 0) is 37.5 Å². The number of aromatic nitrogens is 1. The van der Waals surface area contributed by atoms with Crippen LogP contribution in [0.3, 0.4) is 0 Å². The first-order chi connectivity index (χ1) is 8.42. The van der Waals surface area contributed by atoms with Crippen LogP contribution in [0.25, 0.3) is 0 Å². The van der Waals surface area contributed by atoms with Crippen LogP contribution in [-0.2, 0) is 6.42 Å². The van der Waals surface area contributed by atoms with Crippen LogP contribution in [0.2, 0.25) is 0 Å². The van der Waals surface area contributed by atoms with Gasteiger partial charge in [0.25, 0.3) is 0 Å². The Morgan fingerprint density at radius 3 is 2.94 bits per heavy atom. The van der Waals surface area contributed by atoms with Gasteiger partial charge >= 0.3 is 0 Å². The summed E-state index contributed by atoms with van der Waals surface area (Å²) in [5.41, 5.74) is 3.18. The highest BCUT2D eigenvalue weighted by Gasteiger charge is 2.34. The molecule has 3 heteroatoms. The Kier molecular flexibility index (Phi) is 3.77. The molecule has 2 saturated carbocycles. The largest absolute Gasteiger partial charge is 0.314 e. The molecule has 2 aliphatic rings. The van der Waals surface area contributed by atoms with Gasteiger partial charge in [0, 0.05) is 24.4 Å². The Bertz CT molecular complexity index is 332. The lowest BCUT2D eigenvalue weighted by Crippen LogP contribution is -2.35. The van der Waals surface area contributed by atoms with Gasteiger partial charge in [0.05, 0.1) is 11.2 Å². The Morgan fingerprint density at radius 1 is 1.24 bits per heavy atom. The van der Waals surface area contributed by atoms with Crippen molar-refractivity contribution in [3.63, 3.8) is 0 Å². The van der Waals surface area contributed by atoms with Gasteiger partial charge in [0.1, 0.15) is 0 Å². The molecule has 2 aliphatic carbocycles. The van der Waals surface area contributed by atoms with Crippen molar-refractivity contribution in [1.29, 1.82) is 0 Å². The average Bonchev–Trinajstić information content (AvgIpc) is 3.09. The molecule has 0 aliphatic heterocycles. The summed E-state index contributed by atoms with van der Waals surface area (Å²) >= 11 is 1.70. The molecule has 2 unspecified atom stereocenters. The quantitative estimate of drug-likeness (QED) is 0.868. The maximum Gasteiger partial charge on any atom is 0.0794 e. The minimum atomic E-state index is 0.785. The fourth-order valence-electron chi connectivity index (χ4n) is 3.17. The van der Waals surface area contributed by atoms with E-state index < -0.39 is 0 Å². The van der Waals surface area contributed by atoms with Crippen LogP contribution in [0.15, 0.2) is 10.9 Å². The van der Waals surface area contributed by atoms with Crippen LogP contribution >= 0.6 is 11.3 Å². The zero-order chi connectivity index (χ0) is 11.5. The lowest BCUT2D eigenvalue weighted by molar-refractivity contribution is 0.262. The van der Waals surface area contributed by atoms with E-state index in [4.69, 9.17) is 0 Å². The molecule has 1 aromatic rings. The van der Waals surface area contributed by atoms with E-state index in [0.29, 0.717) is 0 Å². The first-order valence-corrected chi connectivity index (χ1v) is 7.96. The van der Waals surface area contributed by atoms with Gasteiger partial charge < -0.3 is 5.32 Å². The molecule has 0 aromatic carbocycles. The lowest BCUT2D eigenvalue weighted by Gasteiger charge is -2.30. The van der Waals surface area contributed by atoms with Crippen molar-refractivity contribution in [3.05, 3.63) is 16.6 Å². The minimum absolute atomic E-state index is 0.785. The van der Waals surface area contributed by atoms with Crippen LogP contribution in [-0.4, -0.2) is 17.6 Å². The molecule has 0 bridgehead atoms. The van der Waals surface area contributed by atoms with E-state index >= 15 is 0 Å². The topological polar surface area (TPSA) is 24.9 Å². The number of nitrogens with zero attached hydrogens (tertiary/aromatic N) is 1. The summed E-state index contributed by atoms with van der Waals surface area (Å²) in [4.78, 5) is 4.33. The third-order valence-corrected chi connectivity index (χ3v) is 4.94. The van der Waals surface area contributed by atoms with Gasteiger partial charge in [-0.25, -0.2) is 4.98 Å². The number of hydrogen-bond donors (Lipinski definition) is 1. The monoisotopic (exact) mass is 250 g/mol. The van der Waals surface area contributed by atoms with Crippen LogP contribution in [0.1, 0.15) is 44.2 Å². The van der Waals surface area contributed by atoms with Gasteiger partial charge in [-0.2, -0.15) is 0 Å². The van der Waals surface area contributed by atoms with E-state index in [1.54, 1.807) is 11.3 Å². The smallest absolute Gasteiger partial charge is 0.0794 e. The number of nitrogens with one attached hydrogen (secondary N) is 1. The van der Waals surface area contributed by atoms with Gasteiger partial charge in [-0.3, -0.25) is 0 Å². The van der Waals surface area contributed by atoms with E-state index in [2.05, 4.69) is 15.7 Å². The lowest BCUT2D eigenvalue weighted by atomic mass is 9.83.